The van der Waals surface area contributed by atoms with Gasteiger partial charge in [0.15, 0.2) is 18.8 Å². The Morgan fingerprint density at radius 2 is 1.43 bits per heavy atom. The molecule has 332 valence electrons. The van der Waals surface area contributed by atoms with Gasteiger partial charge in [-0.15, -0.1) is 5.10 Å². The maximum absolute atomic E-state index is 15.8. The van der Waals surface area contributed by atoms with E-state index in [1.807, 2.05) is 109 Å². The van der Waals surface area contributed by atoms with E-state index >= 15 is 4.79 Å². The highest BCUT2D eigenvalue weighted by Gasteiger charge is 2.66. The third-order valence-electron chi connectivity index (χ3n) is 13.6. The molecule has 4 aliphatic rings. The number of aromatic nitrogens is 3. The normalized spacial score (nSPS) is 21.3. The summed E-state index contributed by atoms with van der Waals surface area (Å²) >= 11 is 0. The zero-order chi connectivity index (χ0) is 45.0. The summed E-state index contributed by atoms with van der Waals surface area (Å²) in [5, 5.41) is 18.2. The largest absolute Gasteiger partial charge is 0.497 e. The van der Waals surface area contributed by atoms with Crippen LogP contribution < -0.4 is 28.9 Å². The van der Waals surface area contributed by atoms with Gasteiger partial charge in [-0.1, -0.05) is 74.5 Å². The van der Waals surface area contributed by atoms with Crippen molar-refractivity contribution >= 4 is 46.2 Å². The van der Waals surface area contributed by atoms with Gasteiger partial charge < -0.3 is 29.0 Å². The van der Waals surface area contributed by atoms with Gasteiger partial charge in [-0.3, -0.25) is 28.9 Å². The second kappa shape index (κ2) is 16.5. The lowest BCUT2D eigenvalue weighted by atomic mass is 9.63. The predicted octanol–water partition coefficient (Wildman–Crippen LogP) is 7.40. The molecule has 1 fully saturated rings. The van der Waals surface area contributed by atoms with Crippen molar-refractivity contribution in [3.8, 4) is 17.2 Å². The van der Waals surface area contributed by atoms with Crippen LogP contribution in [0.2, 0.25) is 0 Å². The van der Waals surface area contributed by atoms with Crippen molar-refractivity contribution in [3.63, 3.8) is 0 Å². The Hall–Kier alpha value is -7.03. The first kappa shape index (κ1) is 42.0. The molecular weight excluding hydrogens is 825 g/mol. The van der Waals surface area contributed by atoms with Crippen molar-refractivity contribution in [3.05, 3.63) is 144 Å². The Morgan fingerprint density at radius 3 is 2.08 bits per heavy atom. The first-order valence-electron chi connectivity index (χ1n) is 22.0. The molecule has 1 aromatic heterocycles. The molecule has 10 rings (SSSR count). The van der Waals surface area contributed by atoms with Gasteiger partial charge in [-0.2, -0.15) is 0 Å². The predicted molar refractivity (Wildman–Crippen MR) is 243 cm³/mol. The van der Waals surface area contributed by atoms with Crippen LogP contribution in [-0.4, -0.2) is 70.9 Å². The number of carbonyl (C=O) groups is 3. The lowest BCUT2D eigenvalue weighted by Crippen LogP contribution is -2.45. The Morgan fingerprint density at radius 1 is 0.800 bits per heavy atom. The number of hydrogen-bond donors (Lipinski definition) is 1. The van der Waals surface area contributed by atoms with Crippen molar-refractivity contribution < 1.29 is 38.4 Å². The molecule has 1 spiro atoms. The van der Waals surface area contributed by atoms with Crippen LogP contribution in [0.3, 0.4) is 0 Å². The molecule has 4 aliphatic heterocycles. The van der Waals surface area contributed by atoms with Gasteiger partial charge in [-0.05, 0) is 89.7 Å². The number of benzene rings is 5. The highest BCUT2D eigenvalue weighted by molar-refractivity contribution is 6.10. The number of carbonyl (C=O) groups excluding carboxylic acids is 3. The number of hydrogen-bond acceptors (Lipinski definition) is 10. The molecule has 5 heterocycles. The van der Waals surface area contributed by atoms with E-state index in [-0.39, 0.29) is 55.9 Å². The van der Waals surface area contributed by atoms with Gasteiger partial charge >= 0.3 is 0 Å². The van der Waals surface area contributed by atoms with E-state index in [1.54, 1.807) is 26.5 Å². The second-order valence-electron chi connectivity index (χ2n) is 17.6. The Labute approximate surface area is 376 Å². The number of methoxy groups -OCH3 is 1. The average Bonchev–Trinajstić information content (AvgIpc) is 3.97. The first-order chi connectivity index (χ1) is 31.5. The van der Waals surface area contributed by atoms with E-state index in [1.165, 1.54) is 0 Å². The molecule has 0 saturated carbocycles. The molecule has 4 atom stereocenters. The van der Waals surface area contributed by atoms with Crippen LogP contribution in [0, 0.1) is 11.8 Å². The van der Waals surface area contributed by atoms with Crippen LogP contribution in [0.1, 0.15) is 49.6 Å². The van der Waals surface area contributed by atoms with E-state index in [0.717, 1.165) is 16.9 Å². The molecule has 1 saturated heterocycles. The summed E-state index contributed by atoms with van der Waals surface area (Å²) in [7, 11) is 1.65. The lowest BCUT2D eigenvalue weighted by Gasteiger charge is -2.39. The number of aliphatic hydroxyl groups is 1. The first-order valence-corrected chi connectivity index (χ1v) is 22.0. The Kier molecular flexibility index (Phi) is 10.7. The fourth-order valence-corrected chi connectivity index (χ4v) is 10.5. The Bertz CT molecular complexity index is 2790. The molecule has 14 nitrogen and oxygen atoms in total. The van der Waals surface area contributed by atoms with Crippen molar-refractivity contribution in [2.45, 2.75) is 63.8 Å². The van der Waals surface area contributed by atoms with Gasteiger partial charge in [0.2, 0.25) is 0 Å². The fraction of sp³-hybridized carbons (Fsp3) is 0.314. The van der Waals surface area contributed by atoms with Gasteiger partial charge in [0.1, 0.15) is 17.2 Å². The third-order valence-corrected chi connectivity index (χ3v) is 13.6. The summed E-state index contributed by atoms with van der Waals surface area (Å²) in [5.74, 6) is 0.787. The van der Waals surface area contributed by atoms with Crippen LogP contribution >= 0.6 is 0 Å². The van der Waals surface area contributed by atoms with E-state index in [2.05, 4.69) is 43.2 Å². The molecule has 0 bridgehead atoms. The molecule has 0 unspecified atom stereocenters. The van der Waals surface area contributed by atoms with Crippen molar-refractivity contribution in [2.75, 3.05) is 41.6 Å². The molecule has 0 aliphatic carbocycles. The van der Waals surface area contributed by atoms with E-state index < -0.39 is 17.1 Å². The minimum Gasteiger partial charge on any atom is -0.497 e. The van der Waals surface area contributed by atoms with Crippen LogP contribution in [0.5, 0.6) is 17.2 Å². The maximum Gasteiger partial charge on any atom is 0.269 e. The number of aryl methyl sites for hydroxylation is 1. The Balaban J connectivity index is 1.07. The van der Waals surface area contributed by atoms with E-state index in [4.69, 9.17) is 18.9 Å². The number of para-hydroxylation sites is 4. The summed E-state index contributed by atoms with van der Waals surface area (Å²) < 4.78 is 26.3. The van der Waals surface area contributed by atoms with Crippen LogP contribution in [-0.2, 0) is 49.6 Å². The van der Waals surface area contributed by atoms with Crippen LogP contribution in [0.25, 0.3) is 0 Å². The van der Waals surface area contributed by atoms with Crippen molar-refractivity contribution in [1.82, 2.24) is 15.0 Å². The zero-order valence-electron chi connectivity index (χ0n) is 36.7. The lowest BCUT2D eigenvalue weighted by molar-refractivity contribution is -0.146. The number of nitrogens with zero attached hydrogens (tertiary/aromatic N) is 6. The van der Waals surface area contributed by atoms with Gasteiger partial charge in [-0.25, -0.2) is 0 Å². The highest BCUT2D eigenvalue weighted by atomic mass is 16.5. The summed E-state index contributed by atoms with van der Waals surface area (Å²) in [6, 6.07) is 36.4. The van der Waals surface area contributed by atoms with E-state index in [9.17, 15) is 14.7 Å². The highest BCUT2D eigenvalue weighted by Crippen LogP contribution is 2.60. The zero-order valence-corrected chi connectivity index (χ0v) is 36.7. The number of amides is 3. The molecular formula is C51H50N6O8. The number of rotatable bonds is 12. The number of aliphatic hydroxyl groups excluding tert-OH is 1. The second-order valence-corrected chi connectivity index (χ2v) is 17.6. The summed E-state index contributed by atoms with van der Waals surface area (Å²) in [6.07, 6.45) is 2.32. The molecule has 0 radical (unpaired) electrons. The minimum absolute atomic E-state index is 0.0313. The van der Waals surface area contributed by atoms with Gasteiger partial charge in [0, 0.05) is 54.5 Å². The van der Waals surface area contributed by atoms with E-state index in [0.29, 0.717) is 70.6 Å². The van der Waals surface area contributed by atoms with Crippen LogP contribution in [0.4, 0.5) is 28.4 Å². The maximum atomic E-state index is 15.8. The van der Waals surface area contributed by atoms with Gasteiger partial charge in [0.25, 0.3) is 17.7 Å². The monoisotopic (exact) mass is 874 g/mol. The standard InChI is InChI=1S/C51H50N6O8/c1-32-48(50(2,3)34-15-20-38(62-4)21-16-34)45(23-25-54-29-35(24-26-58)52-53-54)65-51(32)39-27-37(57-42-10-6-8-12-44(42)64-31-47(57)60)19-22-40(39)55(49(51)61)28-33-13-17-36(18-14-33)56-41-9-5-7-11-43(41)63-30-46(56)59/h5-22,27,29,32,45,48,58H,23-26,28,30-31H2,1-4H3/t32-,45+,48-,51+/m0/s1. The SMILES string of the molecule is COc1ccc(C(C)(C)[C@@H]2[C@@H](CCn3cc(CCO)nn3)O[C@]3(C(=O)N(Cc4ccc(N5C(=O)COc6ccccc65)cc4)c4ccc(N5C(=O)COc6ccccc65)cc43)[C@H]2C)cc1. The van der Waals surface area contributed by atoms with Gasteiger partial charge in [0.05, 0.1) is 42.5 Å². The minimum atomic E-state index is -1.45. The number of anilines is 5. The summed E-state index contributed by atoms with van der Waals surface area (Å²) in [5.41, 5.74) is 4.59. The molecule has 3 amide bonds. The van der Waals surface area contributed by atoms with Crippen molar-refractivity contribution in [2.24, 2.45) is 11.8 Å². The summed E-state index contributed by atoms with van der Waals surface area (Å²) in [4.78, 5) is 47.9. The smallest absolute Gasteiger partial charge is 0.269 e. The molecule has 5 aromatic carbocycles. The molecule has 1 N–H and O–H groups in total. The summed E-state index contributed by atoms with van der Waals surface area (Å²) in [6.45, 7) is 6.99. The third kappa shape index (κ3) is 7.08. The molecule has 65 heavy (non-hydrogen) atoms. The van der Waals surface area contributed by atoms with Crippen LogP contribution in [0.15, 0.2) is 121 Å². The molecule has 6 aromatic rings. The average molecular weight is 875 g/mol. The fourth-order valence-electron chi connectivity index (χ4n) is 10.5. The van der Waals surface area contributed by atoms with Crippen molar-refractivity contribution in [1.29, 1.82) is 0 Å². The number of ether oxygens (including phenoxy) is 4. The molecule has 14 heteroatoms. The number of fused-ring (bicyclic) bond motifs is 4. The quantitative estimate of drug-likeness (QED) is 0.132. The topological polar surface area (TPSA) is 149 Å².